The molecule has 1 heterocycles. The van der Waals surface area contributed by atoms with Gasteiger partial charge in [-0.3, -0.25) is 0 Å². The predicted octanol–water partition coefficient (Wildman–Crippen LogP) is 7.60. The van der Waals surface area contributed by atoms with Crippen LogP contribution in [-0.4, -0.2) is 18.8 Å². The number of carbonyl (C=O) groups excluding carboxylic acids is 1. The van der Waals surface area contributed by atoms with Crippen LogP contribution in [0.4, 0.5) is 0 Å². The highest BCUT2D eigenvalue weighted by Crippen LogP contribution is 2.57. The number of hydrogen-bond acceptors (Lipinski definition) is 4. The summed E-state index contributed by atoms with van der Waals surface area (Å²) in [5, 5.41) is 0. The van der Waals surface area contributed by atoms with Gasteiger partial charge in [-0.15, -0.1) is 11.8 Å². The number of thiol groups is 1. The summed E-state index contributed by atoms with van der Waals surface area (Å²) in [5.74, 6) is 0.448. The van der Waals surface area contributed by atoms with Crippen LogP contribution in [0.2, 0.25) is 0 Å². The molecule has 0 bridgehead atoms. The maximum Gasteiger partial charge on any atom is 0.345 e. The molecule has 35 heavy (non-hydrogen) atoms. The zero-order valence-corrected chi connectivity index (χ0v) is 22.7. The van der Waals surface area contributed by atoms with Crippen LogP contribution in [0.25, 0.3) is 6.08 Å². The quantitative estimate of drug-likeness (QED) is 0.213. The zero-order chi connectivity index (χ0) is 24.7. The second-order valence-corrected chi connectivity index (χ2v) is 12.8. The summed E-state index contributed by atoms with van der Waals surface area (Å²) < 4.78 is 12.1. The van der Waals surface area contributed by atoms with Gasteiger partial charge in [-0.25, -0.2) is 4.79 Å². The Kier molecular flexibility index (Phi) is 6.49. The van der Waals surface area contributed by atoms with Gasteiger partial charge in [0, 0.05) is 15.4 Å². The fraction of sp³-hybridized carbons (Fsp3) is 0.300. The number of allylic oxidation sites excluding steroid dienone is 1. The minimum Gasteiger partial charge on any atom is -0.481 e. The van der Waals surface area contributed by atoms with E-state index in [0.29, 0.717) is 0 Å². The minimum absolute atomic E-state index is 0.0933. The van der Waals surface area contributed by atoms with E-state index < -0.39 is 16.5 Å². The smallest absolute Gasteiger partial charge is 0.345 e. The van der Waals surface area contributed by atoms with Crippen molar-refractivity contribution in [3.05, 3.63) is 87.3 Å². The van der Waals surface area contributed by atoms with E-state index in [1.807, 2.05) is 6.92 Å². The van der Waals surface area contributed by atoms with Gasteiger partial charge in [-0.05, 0) is 109 Å². The van der Waals surface area contributed by atoms with E-state index in [0.717, 1.165) is 35.3 Å². The molecule has 3 aromatic rings. The molecule has 0 radical (unpaired) electrons. The molecule has 5 rings (SSSR count). The van der Waals surface area contributed by atoms with Crippen molar-refractivity contribution < 1.29 is 14.3 Å². The van der Waals surface area contributed by atoms with Crippen molar-refractivity contribution in [1.29, 1.82) is 0 Å². The van der Waals surface area contributed by atoms with E-state index in [4.69, 9.17) is 9.47 Å². The number of ether oxygens (including phenoxy) is 2. The van der Waals surface area contributed by atoms with Crippen molar-refractivity contribution in [3.8, 4) is 5.75 Å². The first-order valence-electron chi connectivity index (χ1n) is 12.0. The van der Waals surface area contributed by atoms with Crippen molar-refractivity contribution in [3.63, 3.8) is 0 Å². The monoisotopic (exact) mass is 504 g/mol. The molecule has 1 aliphatic carbocycles. The fourth-order valence-corrected chi connectivity index (χ4v) is 8.86. The minimum atomic E-state index is -0.605. The second-order valence-electron chi connectivity index (χ2n) is 9.58. The van der Waals surface area contributed by atoms with Crippen LogP contribution in [0, 0.1) is 13.8 Å². The Labute approximate surface area is 215 Å². The van der Waals surface area contributed by atoms with E-state index in [9.17, 15) is 4.79 Å². The van der Waals surface area contributed by atoms with E-state index in [1.54, 1.807) is 11.8 Å². The molecule has 0 aromatic heterocycles. The van der Waals surface area contributed by atoms with Gasteiger partial charge < -0.3 is 9.47 Å². The number of fused-ring (bicyclic) bond motifs is 2. The van der Waals surface area contributed by atoms with Crippen molar-refractivity contribution >= 4 is 34.7 Å². The molecular formula is C30H32O3S2. The Morgan fingerprint density at radius 1 is 1.06 bits per heavy atom. The van der Waals surface area contributed by atoms with Gasteiger partial charge in [0.1, 0.15) is 11.4 Å². The lowest BCUT2D eigenvalue weighted by atomic mass is 9.98. The number of rotatable bonds is 6. The van der Waals surface area contributed by atoms with E-state index in [2.05, 4.69) is 87.7 Å². The van der Waals surface area contributed by atoms with Crippen molar-refractivity contribution in [2.24, 2.45) is 0 Å². The SMILES string of the molecule is CSc1cccc2c1C(C)(OC(=O)COc1c(C)cc([SH]3C(C)=Cc4ccccc43)cc1C)CC2. The van der Waals surface area contributed by atoms with Crippen LogP contribution in [0.5, 0.6) is 5.75 Å². The summed E-state index contributed by atoms with van der Waals surface area (Å²) in [6.07, 6.45) is 6.10. The Balaban J connectivity index is 1.31. The molecule has 0 N–H and O–H groups in total. The van der Waals surface area contributed by atoms with Gasteiger partial charge in [0.05, 0.1) is 0 Å². The van der Waals surface area contributed by atoms with Gasteiger partial charge in [0.15, 0.2) is 6.61 Å². The summed E-state index contributed by atoms with van der Waals surface area (Å²) >= 11 is 1.70. The number of thioether (sulfide) groups is 1. The largest absolute Gasteiger partial charge is 0.481 e. The number of aryl methyl sites for hydroxylation is 3. The highest BCUT2D eigenvalue weighted by Gasteiger charge is 2.40. The average Bonchev–Trinajstić information content (AvgIpc) is 3.34. The molecule has 2 aliphatic rings. The maximum atomic E-state index is 12.9. The van der Waals surface area contributed by atoms with E-state index in [1.165, 1.54) is 30.7 Å². The van der Waals surface area contributed by atoms with Crippen LogP contribution in [-0.2, 0) is 21.6 Å². The molecule has 3 aromatic carbocycles. The lowest BCUT2D eigenvalue weighted by Gasteiger charge is -2.28. The maximum absolute atomic E-state index is 12.9. The predicted molar refractivity (Wildman–Crippen MR) is 147 cm³/mol. The van der Waals surface area contributed by atoms with Crippen LogP contribution < -0.4 is 4.74 Å². The Morgan fingerprint density at radius 3 is 2.54 bits per heavy atom. The molecule has 1 aliphatic heterocycles. The molecule has 2 atom stereocenters. The van der Waals surface area contributed by atoms with Gasteiger partial charge in [-0.1, -0.05) is 30.3 Å². The van der Waals surface area contributed by atoms with Crippen LogP contribution in [0.3, 0.4) is 0 Å². The van der Waals surface area contributed by atoms with E-state index in [-0.39, 0.29) is 12.6 Å². The molecular weight excluding hydrogens is 472 g/mol. The third kappa shape index (κ3) is 4.41. The number of benzene rings is 3. The molecule has 2 unspecified atom stereocenters. The second kappa shape index (κ2) is 9.44. The zero-order valence-electron chi connectivity index (χ0n) is 21.0. The molecule has 182 valence electrons. The summed E-state index contributed by atoms with van der Waals surface area (Å²) in [5.41, 5.74) is 5.24. The number of hydrogen-bond donors (Lipinski definition) is 1. The van der Waals surface area contributed by atoms with Gasteiger partial charge in [-0.2, -0.15) is 10.9 Å². The summed E-state index contributed by atoms with van der Waals surface area (Å²) in [7, 11) is -0.518. The normalized spacial score (nSPS) is 21.3. The van der Waals surface area contributed by atoms with E-state index >= 15 is 0 Å². The molecule has 0 spiro atoms. The molecule has 0 amide bonds. The van der Waals surface area contributed by atoms with Crippen LogP contribution in [0.15, 0.2) is 74.2 Å². The first-order valence-corrected chi connectivity index (χ1v) is 14.6. The topological polar surface area (TPSA) is 35.5 Å². The molecule has 5 heteroatoms. The number of carbonyl (C=O) groups is 1. The highest BCUT2D eigenvalue weighted by atomic mass is 32.2. The Hall–Kier alpha value is -2.63. The lowest BCUT2D eigenvalue weighted by molar-refractivity contribution is -0.161. The fourth-order valence-electron chi connectivity index (χ4n) is 5.49. The highest BCUT2D eigenvalue weighted by molar-refractivity contribution is 8.21. The third-order valence-electron chi connectivity index (χ3n) is 7.00. The summed E-state index contributed by atoms with van der Waals surface area (Å²) in [6.45, 7) is 8.28. The molecule has 0 saturated carbocycles. The summed E-state index contributed by atoms with van der Waals surface area (Å²) in [4.78, 5) is 18.2. The van der Waals surface area contributed by atoms with Gasteiger partial charge in [0.25, 0.3) is 0 Å². The van der Waals surface area contributed by atoms with Crippen molar-refractivity contribution in [1.82, 2.24) is 0 Å². The first kappa shape index (κ1) is 24.1. The first-order chi connectivity index (χ1) is 16.8. The van der Waals surface area contributed by atoms with Crippen LogP contribution in [0.1, 0.15) is 48.1 Å². The average molecular weight is 505 g/mol. The van der Waals surface area contributed by atoms with Crippen molar-refractivity contribution in [2.75, 3.05) is 12.9 Å². The van der Waals surface area contributed by atoms with Gasteiger partial charge >= 0.3 is 5.97 Å². The molecule has 0 saturated heterocycles. The van der Waals surface area contributed by atoms with Crippen molar-refractivity contribution in [2.45, 2.75) is 60.8 Å². The lowest BCUT2D eigenvalue weighted by Crippen LogP contribution is -2.30. The molecule has 0 fully saturated rings. The Bertz CT molecular complexity index is 1320. The Morgan fingerprint density at radius 2 is 1.80 bits per heavy atom. The molecule has 3 nitrogen and oxygen atoms in total. The standard InChI is InChI=1S/C30H32O3S2/c1-19-15-24(35-21(3)17-23-9-6-7-12-26(23)35)16-20(2)29(19)32-18-27(31)33-30(4)14-13-22-10-8-11-25(34-5)28(22)30/h6-12,15-17,35H,13-14,18H2,1-5H3. The van der Waals surface area contributed by atoms with Crippen LogP contribution >= 0.6 is 22.7 Å². The third-order valence-corrected chi connectivity index (χ3v) is 10.3. The van der Waals surface area contributed by atoms with Gasteiger partial charge in [0.2, 0.25) is 0 Å². The summed E-state index contributed by atoms with van der Waals surface area (Å²) in [6, 6.07) is 19.4. The number of esters is 1.